The fraction of sp³-hybridized carbons (Fsp3) is 0.667. The van der Waals surface area contributed by atoms with Crippen molar-refractivity contribution in [3.63, 3.8) is 0 Å². The molecule has 1 aliphatic heterocycles. The van der Waals surface area contributed by atoms with Crippen LogP contribution in [0.3, 0.4) is 0 Å². The summed E-state index contributed by atoms with van der Waals surface area (Å²) in [6.45, 7) is 8.45. The van der Waals surface area contributed by atoms with E-state index in [4.69, 9.17) is 15.2 Å². The molecule has 1 aromatic rings. The van der Waals surface area contributed by atoms with E-state index in [9.17, 15) is 0 Å². The van der Waals surface area contributed by atoms with Crippen LogP contribution in [0.15, 0.2) is 23.2 Å². The van der Waals surface area contributed by atoms with Crippen LogP contribution in [0.4, 0.5) is 0 Å². The highest BCUT2D eigenvalue weighted by molar-refractivity contribution is 5.77. The minimum Gasteiger partial charge on any atom is -0.493 e. The molecule has 2 rings (SSSR count). The Morgan fingerprint density at radius 1 is 1.19 bits per heavy atom. The highest BCUT2D eigenvalue weighted by Crippen LogP contribution is 2.27. The average Bonchev–Trinajstić information content (AvgIpc) is 3.19. The van der Waals surface area contributed by atoms with Gasteiger partial charge in [-0.1, -0.05) is 19.9 Å². The van der Waals surface area contributed by atoms with E-state index in [0.717, 1.165) is 31.0 Å². The Morgan fingerprint density at radius 2 is 1.89 bits per heavy atom. The highest BCUT2D eigenvalue weighted by Gasteiger charge is 2.22. The Labute approximate surface area is 164 Å². The molecule has 0 aliphatic carbocycles. The number of likely N-dealkylation sites (tertiary alicyclic amines) is 1. The van der Waals surface area contributed by atoms with E-state index in [1.54, 1.807) is 14.2 Å². The van der Waals surface area contributed by atoms with Crippen molar-refractivity contribution in [1.82, 2.24) is 10.2 Å². The number of nitrogens with two attached hydrogens (primary N) is 1. The maximum Gasteiger partial charge on any atom is 0.188 e. The third kappa shape index (κ3) is 6.94. The van der Waals surface area contributed by atoms with Gasteiger partial charge in [0.25, 0.3) is 0 Å². The predicted molar refractivity (Wildman–Crippen MR) is 112 cm³/mol. The smallest absolute Gasteiger partial charge is 0.188 e. The summed E-state index contributed by atoms with van der Waals surface area (Å²) in [5.41, 5.74) is 7.26. The quantitative estimate of drug-likeness (QED) is 0.485. The van der Waals surface area contributed by atoms with E-state index in [0.29, 0.717) is 17.9 Å². The fourth-order valence-electron chi connectivity index (χ4n) is 3.62. The lowest BCUT2D eigenvalue weighted by Gasteiger charge is -2.27. The lowest BCUT2D eigenvalue weighted by molar-refractivity contribution is 0.218. The number of nitrogens with one attached hydrogen (secondary N) is 1. The molecule has 1 saturated heterocycles. The van der Waals surface area contributed by atoms with Crippen molar-refractivity contribution in [3.8, 4) is 11.5 Å². The number of benzene rings is 1. The lowest BCUT2D eigenvalue weighted by atomic mass is 10.0. The van der Waals surface area contributed by atoms with Crippen LogP contribution in [0.2, 0.25) is 0 Å². The second-order valence-electron chi connectivity index (χ2n) is 7.62. The number of methoxy groups -OCH3 is 2. The van der Waals surface area contributed by atoms with E-state index in [1.165, 1.54) is 37.9 Å². The van der Waals surface area contributed by atoms with Gasteiger partial charge < -0.3 is 20.5 Å². The van der Waals surface area contributed by atoms with Crippen molar-refractivity contribution in [2.24, 2.45) is 16.6 Å². The van der Waals surface area contributed by atoms with Gasteiger partial charge in [-0.25, -0.2) is 0 Å². The topological polar surface area (TPSA) is 72.1 Å². The molecule has 6 nitrogen and oxygen atoms in total. The Balaban J connectivity index is 1.82. The van der Waals surface area contributed by atoms with Crippen molar-refractivity contribution in [2.45, 2.75) is 45.6 Å². The summed E-state index contributed by atoms with van der Waals surface area (Å²) in [6, 6.07) is 6.47. The van der Waals surface area contributed by atoms with Crippen LogP contribution >= 0.6 is 0 Å². The van der Waals surface area contributed by atoms with E-state index < -0.39 is 0 Å². The van der Waals surface area contributed by atoms with Crippen LogP contribution in [0.5, 0.6) is 11.5 Å². The molecular weight excluding hydrogens is 340 g/mol. The van der Waals surface area contributed by atoms with Crippen LogP contribution in [-0.2, 0) is 6.42 Å². The number of ether oxygens (including phenoxy) is 2. The first-order chi connectivity index (χ1) is 13.0. The zero-order chi connectivity index (χ0) is 19.6. The molecule has 1 unspecified atom stereocenters. The molecule has 6 heteroatoms. The summed E-state index contributed by atoms with van der Waals surface area (Å²) < 4.78 is 10.6. The molecule has 0 spiro atoms. The number of hydrogen-bond acceptors (Lipinski definition) is 4. The first-order valence-corrected chi connectivity index (χ1v) is 10.0. The van der Waals surface area contributed by atoms with E-state index in [2.05, 4.69) is 29.1 Å². The number of hydrogen-bond donors (Lipinski definition) is 2. The average molecular weight is 377 g/mol. The van der Waals surface area contributed by atoms with Gasteiger partial charge in [0.2, 0.25) is 0 Å². The molecule has 0 aromatic heterocycles. The summed E-state index contributed by atoms with van der Waals surface area (Å²) in [5, 5.41) is 3.23. The Hall–Kier alpha value is -1.95. The SMILES string of the molecule is COc1ccc(CCNC(N)=NCC(CC(C)C)N2CCCC2)cc1OC. The molecule has 1 heterocycles. The van der Waals surface area contributed by atoms with Crippen molar-refractivity contribution in [2.75, 3.05) is 40.4 Å². The number of rotatable bonds is 10. The fourth-order valence-corrected chi connectivity index (χ4v) is 3.62. The molecule has 1 fully saturated rings. The second kappa shape index (κ2) is 11.0. The van der Waals surface area contributed by atoms with E-state index in [1.807, 2.05) is 18.2 Å². The van der Waals surface area contributed by atoms with Crippen LogP contribution < -0.4 is 20.5 Å². The molecular formula is C21H36N4O2. The molecule has 0 saturated carbocycles. The van der Waals surface area contributed by atoms with Crippen LogP contribution in [0.25, 0.3) is 0 Å². The molecule has 1 aromatic carbocycles. The molecule has 1 aliphatic rings. The van der Waals surface area contributed by atoms with Crippen LogP contribution in [0, 0.1) is 5.92 Å². The Morgan fingerprint density at radius 3 is 2.52 bits per heavy atom. The van der Waals surface area contributed by atoms with Gasteiger partial charge in [-0.3, -0.25) is 9.89 Å². The minimum atomic E-state index is 0.499. The monoisotopic (exact) mass is 376 g/mol. The maximum atomic E-state index is 6.09. The number of nitrogens with zero attached hydrogens (tertiary/aromatic N) is 2. The summed E-state index contributed by atoms with van der Waals surface area (Å²) in [4.78, 5) is 7.18. The van der Waals surface area contributed by atoms with Gasteiger partial charge in [0, 0.05) is 12.6 Å². The molecule has 152 valence electrons. The summed E-state index contributed by atoms with van der Waals surface area (Å²) in [7, 11) is 3.30. The largest absolute Gasteiger partial charge is 0.493 e. The van der Waals surface area contributed by atoms with Gasteiger partial charge in [-0.05, 0) is 62.4 Å². The zero-order valence-corrected chi connectivity index (χ0v) is 17.3. The molecule has 1 atom stereocenters. The van der Waals surface area contributed by atoms with Gasteiger partial charge >= 0.3 is 0 Å². The third-order valence-electron chi connectivity index (χ3n) is 5.04. The molecule has 3 N–H and O–H groups in total. The first-order valence-electron chi connectivity index (χ1n) is 10.0. The highest BCUT2D eigenvalue weighted by atomic mass is 16.5. The van der Waals surface area contributed by atoms with Crippen molar-refractivity contribution in [1.29, 1.82) is 0 Å². The molecule has 0 amide bonds. The number of aliphatic imine (C=N–C) groups is 1. The Bertz CT molecular complexity index is 598. The predicted octanol–water partition coefficient (Wildman–Crippen LogP) is 2.66. The van der Waals surface area contributed by atoms with Crippen LogP contribution in [-0.4, -0.2) is 57.3 Å². The number of guanidine groups is 1. The normalized spacial score (nSPS) is 16.6. The molecule has 0 radical (unpaired) electrons. The summed E-state index contributed by atoms with van der Waals surface area (Å²) in [5.74, 6) is 2.70. The van der Waals surface area contributed by atoms with Crippen molar-refractivity contribution < 1.29 is 9.47 Å². The van der Waals surface area contributed by atoms with Crippen molar-refractivity contribution in [3.05, 3.63) is 23.8 Å². The van der Waals surface area contributed by atoms with Gasteiger partial charge in [0.1, 0.15) is 0 Å². The van der Waals surface area contributed by atoms with Crippen LogP contribution in [0.1, 0.15) is 38.7 Å². The lowest BCUT2D eigenvalue weighted by Crippen LogP contribution is -2.39. The van der Waals surface area contributed by atoms with E-state index in [-0.39, 0.29) is 0 Å². The minimum absolute atomic E-state index is 0.499. The Kier molecular flexibility index (Phi) is 8.72. The van der Waals surface area contributed by atoms with Gasteiger partial charge in [0.05, 0.1) is 20.8 Å². The van der Waals surface area contributed by atoms with Gasteiger partial charge in [-0.15, -0.1) is 0 Å². The third-order valence-corrected chi connectivity index (χ3v) is 5.04. The summed E-state index contributed by atoms with van der Waals surface area (Å²) in [6.07, 6.45) is 4.62. The molecule has 27 heavy (non-hydrogen) atoms. The summed E-state index contributed by atoms with van der Waals surface area (Å²) >= 11 is 0. The van der Waals surface area contributed by atoms with Gasteiger partial charge in [-0.2, -0.15) is 0 Å². The molecule has 0 bridgehead atoms. The standard InChI is InChI=1S/C21H36N4O2/c1-16(2)13-18(25-11-5-6-12-25)15-24-21(22)23-10-9-17-7-8-19(26-3)20(14-17)27-4/h7-8,14,16,18H,5-6,9-13,15H2,1-4H3,(H3,22,23,24). The van der Waals surface area contributed by atoms with E-state index >= 15 is 0 Å². The zero-order valence-electron chi connectivity index (χ0n) is 17.3. The second-order valence-corrected chi connectivity index (χ2v) is 7.62. The van der Waals surface area contributed by atoms with Crippen molar-refractivity contribution >= 4 is 5.96 Å². The maximum absolute atomic E-state index is 6.09. The first kappa shape index (κ1) is 21.4. The van der Waals surface area contributed by atoms with Gasteiger partial charge in [0.15, 0.2) is 17.5 Å².